The first-order valence-corrected chi connectivity index (χ1v) is 5.33. The van der Waals surface area contributed by atoms with Gasteiger partial charge in [0, 0.05) is 5.69 Å². The maximum absolute atomic E-state index is 11.4. The van der Waals surface area contributed by atoms with Gasteiger partial charge in [0.05, 0.1) is 5.56 Å². The lowest BCUT2D eigenvalue weighted by Gasteiger charge is -2.09. The average molecular weight is 267 g/mol. The van der Waals surface area contributed by atoms with E-state index in [0.29, 0.717) is 11.3 Å². The second-order valence-electron chi connectivity index (χ2n) is 3.77. The van der Waals surface area contributed by atoms with Gasteiger partial charge >= 0.3 is 11.9 Å². The Morgan fingerprint density at radius 2 is 1.89 bits per heavy atom. The van der Waals surface area contributed by atoms with E-state index in [1.165, 1.54) is 18.2 Å². The van der Waals surface area contributed by atoms with Crippen LogP contribution in [0, 0.1) is 6.92 Å². The molecule has 1 aromatic carbocycles. The number of ether oxygens (including phenoxy) is 1. The number of hydrogen-bond acceptors (Lipinski definition) is 4. The molecule has 0 atom stereocenters. The number of aromatic carboxylic acids is 1. The minimum atomic E-state index is -1.16. The maximum atomic E-state index is 11.4. The molecule has 0 aliphatic heterocycles. The molecule has 0 saturated carbocycles. The largest absolute Gasteiger partial charge is 0.480 e. The number of aliphatic carboxylic acids is 1. The molecule has 0 saturated heterocycles. The molecular weight excluding hydrogens is 254 g/mol. The van der Waals surface area contributed by atoms with Crippen LogP contribution in [0.1, 0.15) is 15.9 Å². The van der Waals surface area contributed by atoms with Crippen molar-refractivity contribution in [2.75, 3.05) is 18.5 Å². The molecule has 7 nitrogen and oxygen atoms in total. The molecule has 0 fully saturated rings. The van der Waals surface area contributed by atoms with E-state index in [2.05, 4.69) is 10.1 Å². The zero-order valence-corrected chi connectivity index (χ0v) is 10.2. The van der Waals surface area contributed by atoms with Crippen molar-refractivity contribution < 1.29 is 29.3 Å². The molecule has 0 aromatic heterocycles. The Bertz CT molecular complexity index is 511. The Balaban J connectivity index is 2.59. The topological polar surface area (TPSA) is 113 Å². The third kappa shape index (κ3) is 4.76. The van der Waals surface area contributed by atoms with Gasteiger partial charge < -0.3 is 20.3 Å². The monoisotopic (exact) mass is 267 g/mol. The molecule has 7 heteroatoms. The Morgan fingerprint density at radius 1 is 1.21 bits per heavy atom. The number of aryl methyl sites for hydroxylation is 1. The van der Waals surface area contributed by atoms with Crippen LogP contribution in [-0.2, 0) is 14.3 Å². The third-order valence-corrected chi connectivity index (χ3v) is 2.21. The minimum absolute atomic E-state index is 0.123. The molecule has 1 rings (SSSR count). The van der Waals surface area contributed by atoms with Crippen molar-refractivity contribution in [3.8, 4) is 0 Å². The van der Waals surface area contributed by atoms with Crippen molar-refractivity contribution in [2.45, 2.75) is 6.92 Å². The van der Waals surface area contributed by atoms with Crippen molar-refractivity contribution in [3.05, 3.63) is 29.3 Å². The van der Waals surface area contributed by atoms with Gasteiger partial charge in [-0.1, -0.05) is 0 Å². The van der Waals surface area contributed by atoms with Crippen LogP contribution in [0.4, 0.5) is 5.69 Å². The quantitative estimate of drug-likeness (QED) is 0.700. The van der Waals surface area contributed by atoms with Gasteiger partial charge in [-0.25, -0.2) is 9.59 Å². The fourth-order valence-electron chi connectivity index (χ4n) is 1.35. The van der Waals surface area contributed by atoms with Gasteiger partial charge in [-0.15, -0.1) is 0 Å². The van der Waals surface area contributed by atoms with Gasteiger partial charge in [0.1, 0.15) is 13.2 Å². The number of nitrogens with one attached hydrogen (secondary N) is 1. The zero-order chi connectivity index (χ0) is 14.4. The highest BCUT2D eigenvalue weighted by molar-refractivity contribution is 5.94. The molecule has 19 heavy (non-hydrogen) atoms. The summed E-state index contributed by atoms with van der Waals surface area (Å²) in [5.41, 5.74) is 1.16. The highest BCUT2D eigenvalue weighted by Gasteiger charge is 2.09. The Hall–Kier alpha value is -2.41. The normalized spacial score (nSPS) is 9.95. The van der Waals surface area contributed by atoms with Crippen LogP contribution in [0.3, 0.4) is 0 Å². The summed E-state index contributed by atoms with van der Waals surface area (Å²) in [4.78, 5) is 32.3. The van der Waals surface area contributed by atoms with Crippen molar-refractivity contribution in [1.29, 1.82) is 0 Å². The number of anilines is 1. The van der Waals surface area contributed by atoms with Crippen molar-refractivity contribution in [2.24, 2.45) is 0 Å². The minimum Gasteiger partial charge on any atom is -0.480 e. The van der Waals surface area contributed by atoms with Gasteiger partial charge in [0.15, 0.2) is 0 Å². The highest BCUT2D eigenvalue weighted by Crippen LogP contribution is 2.16. The zero-order valence-electron chi connectivity index (χ0n) is 10.2. The van der Waals surface area contributed by atoms with Gasteiger partial charge in [0.2, 0.25) is 5.91 Å². The molecule has 102 valence electrons. The van der Waals surface area contributed by atoms with Crippen LogP contribution in [-0.4, -0.2) is 41.3 Å². The van der Waals surface area contributed by atoms with E-state index in [1.54, 1.807) is 6.92 Å². The van der Waals surface area contributed by atoms with Crippen LogP contribution in [0.5, 0.6) is 0 Å². The van der Waals surface area contributed by atoms with Crippen LogP contribution in [0.25, 0.3) is 0 Å². The summed E-state index contributed by atoms with van der Waals surface area (Å²) < 4.78 is 4.63. The van der Waals surface area contributed by atoms with Gasteiger partial charge in [0.25, 0.3) is 0 Å². The van der Waals surface area contributed by atoms with Gasteiger partial charge in [-0.3, -0.25) is 4.79 Å². The van der Waals surface area contributed by atoms with E-state index in [0.717, 1.165) is 0 Å². The molecule has 3 N–H and O–H groups in total. The first-order chi connectivity index (χ1) is 8.90. The van der Waals surface area contributed by atoms with Crippen molar-refractivity contribution in [3.63, 3.8) is 0 Å². The summed E-state index contributed by atoms with van der Waals surface area (Å²) in [6.45, 7) is 0.719. The third-order valence-electron chi connectivity index (χ3n) is 2.21. The second-order valence-corrected chi connectivity index (χ2v) is 3.77. The molecule has 0 spiro atoms. The number of rotatable bonds is 6. The molecule has 0 heterocycles. The first-order valence-electron chi connectivity index (χ1n) is 5.33. The standard InChI is InChI=1S/C12H13NO6/c1-7-4-8(12(17)18)2-3-9(7)13-10(14)5-19-6-11(15)16/h2-4H,5-6H2,1H3,(H,13,14)(H,15,16)(H,17,18). The second kappa shape index (κ2) is 6.50. The number of hydrogen-bond donors (Lipinski definition) is 3. The van der Waals surface area contributed by atoms with Crippen LogP contribution < -0.4 is 5.32 Å². The summed E-state index contributed by atoms with van der Waals surface area (Å²) in [6.07, 6.45) is 0. The van der Waals surface area contributed by atoms with Crippen molar-refractivity contribution in [1.82, 2.24) is 0 Å². The summed E-state index contributed by atoms with van der Waals surface area (Å²) in [5.74, 6) is -2.71. The smallest absolute Gasteiger partial charge is 0.335 e. The number of carbonyl (C=O) groups is 3. The van der Waals surface area contributed by atoms with E-state index in [4.69, 9.17) is 10.2 Å². The summed E-state index contributed by atoms with van der Waals surface area (Å²) in [5, 5.41) is 19.6. The van der Waals surface area contributed by atoms with Gasteiger partial charge in [-0.2, -0.15) is 0 Å². The number of carboxylic acids is 2. The predicted octanol–water partition coefficient (Wildman–Crippen LogP) is 0.733. The summed E-state index contributed by atoms with van der Waals surface area (Å²) >= 11 is 0. The molecule has 0 aliphatic rings. The van der Waals surface area contributed by atoms with Crippen molar-refractivity contribution >= 4 is 23.5 Å². The summed E-state index contributed by atoms with van der Waals surface area (Å²) in [7, 11) is 0. The lowest BCUT2D eigenvalue weighted by molar-refractivity contribution is -0.143. The number of carbonyl (C=O) groups excluding carboxylic acids is 1. The lowest BCUT2D eigenvalue weighted by Crippen LogP contribution is -2.21. The molecule has 1 aromatic rings. The fraction of sp³-hybridized carbons (Fsp3) is 0.250. The lowest BCUT2D eigenvalue weighted by atomic mass is 10.1. The molecule has 0 unspecified atom stereocenters. The fourth-order valence-corrected chi connectivity index (χ4v) is 1.35. The molecule has 0 aliphatic carbocycles. The predicted molar refractivity (Wildman–Crippen MR) is 65.2 cm³/mol. The van der Waals surface area contributed by atoms with E-state index in [1.807, 2.05) is 0 Å². The molecule has 1 amide bonds. The van der Waals surface area contributed by atoms with E-state index in [9.17, 15) is 14.4 Å². The maximum Gasteiger partial charge on any atom is 0.335 e. The Kier molecular flexibility index (Phi) is 5.01. The molecule has 0 radical (unpaired) electrons. The van der Waals surface area contributed by atoms with E-state index in [-0.39, 0.29) is 12.2 Å². The molecule has 0 bridgehead atoms. The number of carboxylic acid groups (broad SMARTS) is 2. The SMILES string of the molecule is Cc1cc(C(=O)O)ccc1NC(=O)COCC(=O)O. The van der Waals surface area contributed by atoms with Crippen LogP contribution in [0.15, 0.2) is 18.2 Å². The van der Waals surface area contributed by atoms with Crippen LogP contribution >= 0.6 is 0 Å². The van der Waals surface area contributed by atoms with E-state index < -0.39 is 24.5 Å². The summed E-state index contributed by atoms with van der Waals surface area (Å²) in [6, 6.07) is 4.26. The first kappa shape index (κ1) is 14.7. The average Bonchev–Trinajstić information content (AvgIpc) is 2.31. The Labute approximate surface area is 108 Å². The molecular formula is C12H13NO6. The Morgan fingerprint density at radius 3 is 2.42 bits per heavy atom. The number of benzene rings is 1. The van der Waals surface area contributed by atoms with Gasteiger partial charge in [-0.05, 0) is 30.7 Å². The highest BCUT2D eigenvalue weighted by atomic mass is 16.5. The van der Waals surface area contributed by atoms with E-state index >= 15 is 0 Å². The number of amides is 1. The van der Waals surface area contributed by atoms with Crippen LogP contribution in [0.2, 0.25) is 0 Å².